The van der Waals surface area contributed by atoms with Gasteiger partial charge in [0.15, 0.2) is 0 Å². The third kappa shape index (κ3) is 5.81. The first kappa shape index (κ1) is 22.9. The molecule has 1 N–H and O–H groups in total. The monoisotopic (exact) mass is 418 g/mol. The number of rotatable bonds is 8. The standard InChI is InChI=1S/C22H30N2O4S/c1-15(2)24(6)29(26,27)21-12-8-10-19(14-21)22(25)23-17(5)18-9-7-11-20(13-18)28-16(3)4/h7-17H,1-6H3,(H,23,25). The van der Waals surface area contributed by atoms with Crippen molar-refractivity contribution in [1.82, 2.24) is 9.62 Å². The van der Waals surface area contributed by atoms with Crippen molar-refractivity contribution in [3.8, 4) is 5.75 Å². The average Bonchev–Trinajstić information content (AvgIpc) is 2.67. The van der Waals surface area contributed by atoms with E-state index in [2.05, 4.69) is 5.32 Å². The fraction of sp³-hybridized carbons (Fsp3) is 0.409. The molecule has 1 atom stereocenters. The maximum atomic E-state index is 12.7. The highest BCUT2D eigenvalue weighted by atomic mass is 32.2. The highest BCUT2D eigenvalue weighted by Crippen LogP contribution is 2.22. The molecular weight excluding hydrogens is 388 g/mol. The van der Waals surface area contributed by atoms with Crippen LogP contribution in [0.25, 0.3) is 0 Å². The Morgan fingerprint density at radius 2 is 1.66 bits per heavy atom. The van der Waals surface area contributed by atoms with Crippen LogP contribution < -0.4 is 10.1 Å². The van der Waals surface area contributed by atoms with Gasteiger partial charge in [0.2, 0.25) is 10.0 Å². The predicted octanol–water partition coefficient (Wildman–Crippen LogP) is 3.99. The second-order valence-electron chi connectivity index (χ2n) is 7.58. The second kappa shape index (κ2) is 9.41. The lowest BCUT2D eigenvalue weighted by molar-refractivity contribution is 0.0939. The highest BCUT2D eigenvalue weighted by molar-refractivity contribution is 7.89. The van der Waals surface area contributed by atoms with Crippen LogP contribution in [-0.2, 0) is 10.0 Å². The van der Waals surface area contributed by atoms with Crippen LogP contribution in [0, 0.1) is 0 Å². The van der Waals surface area contributed by atoms with E-state index in [4.69, 9.17) is 4.74 Å². The number of amides is 1. The van der Waals surface area contributed by atoms with Gasteiger partial charge in [-0.2, -0.15) is 4.31 Å². The fourth-order valence-electron chi connectivity index (χ4n) is 2.73. The molecule has 0 saturated heterocycles. The zero-order chi connectivity index (χ0) is 21.8. The second-order valence-corrected chi connectivity index (χ2v) is 9.57. The molecule has 0 heterocycles. The fourth-order valence-corrected chi connectivity index (χ4v) is 4.15. The van der Waals surface area contributed by atoms with Gasteiger partial charge in [-0.15, -0.1) is 0 Å². The Morgan fingerprint density at radius 3 is 2.28 bits per heavy atom. The molecular formula is C22H30N2O4S. The number of nitrogens with one attached hydrogen (secondary N) is 1. The van der Waals surface area contributed by atoms with Crippen molar-refractivity contribution in [1.29, 1.82) is 0 Å². The molecule has 0 bridgehead atoms. The van der Waals surface area contributed by atoms with E-state index in [9.17, 15) is 13.2 Å². The van der Waals surface area contributed by atoms with Crippen LogP contribution in [0.4, 0.5) is 0 Å². The first-order valence-corrected chi connectivity index (χ1v) is 11.1. The van der Waals surface area contributed by atoms with E-state index < -0.39 is 10.0 Å². The van der Waals surface area contributed by atoms with E-state index in [1.54, 1.807) is 26.0 Å². The molecule has 0 aromatic heterocycles. The molecule has 0 fully saturated rings. The third-order valence-corrected chi connectivity index (χ3v) is 6.61. The van der Waals surface area contributed by atoms with Crippen molar-refractivity contribution < 1.29 is 17.9 Å². The number of benzene rings is 2. The van der Waals surface area contributed by atoms with Crippen LogP contribution in [0.3, 0.4) is 0 Å². The summed E-state index contributed by atoms with van der Waals surface area (Å²) in [6.45, 7) is 9.38. The summed E-state index contributed by atoms with van der Waals surface area (Å²) in [5.41, 5.74) is 1.20. The van der Waals surface area contributed by atoms with Gasteiger partial charge in [-0.1, -0.05) is 18.2 Å². The average molecular weight is 419 g/mol. The van der Waals surface area contributed by atoms with Crippen LogP contribution in [0.2, 0.25) is 0 Å². The van der Waals surface area contributed by atoms with E-state index in [0.29, 0.717) is 5.56 Å². The molecule has 2 rings (SSSR count). The normalized spacial score (nSPS) is 13.0. The van der Waals surface area contributed by atoms with Gasteiger partial charge in [-0.25, -0.2) is 8.42 Å². The topological polar surface area (TPSA) is 75.7 Å². The van der Waals surface area contributed by atoms with Crippen molar-refractivity contribution in [2.24, 2.45) is 0 Å². The molecule has 0 aliphatic rings. The summed E-state index contributed by atoms with van der Waals surface area (Å²) in [6.07, 6.45) is 0.0591. The van der Waals surface area contributed by atoms with E-state index in [-0.39, 0.29) is 29.0 Å². The molecule has 0 saturated carbocycles. The summed E-state index contributed by atoms with van der Waals surface area (Å²) in [5.74, 6) is 0.403. The molecule has 0 aliphatic carbocycles. The van der Waals surface area contributed by atoms with Gasteiger partial charge < -0.3 is 10.1 Å². The first-order valence-electron chi connectivity index (χ1n) is 9.68. The van der Waals surface area contributed by atoms with Crippen LogP contribution in [0.5, 0.6) is 5.75 Å². The van der Waals surface area contributed by atoms with Crippen LogP contribution in [0.1, 0.15) is 56.6 Å². The number of sulfonamides is 1. The SMILES string of the molecule is CC(C)Oc1cccc(C(C)NC(=O)c2cccc(S(=O)(=O)N(C)C(C)C)c2)c1. The van der Waals surface area contributed by atoms with Gasteiger partial charge in [-0.05, 0) is 70.5 Å². The van der Waals surface area contributed by atoms with Crippen molar-refractivity contribution in [2.45, 2.75) is 57.7 Å². The Kier molecular flexibility index (Phi) is 7.43. The maximum absolute atomic E-state index is 12.7. The summed E-state index contributed by atoms with van der Waals surface area (Å²) >= 11 is 0. The molecule has 7 heteroatoms. The van der Waals surface area contributed by atoms with Gasteiger partial charge in [0.05, 0.1) is 17.0 Å². The van der Waals surface area contributed by atoms with E-state index in [1.165, 1.54) is 23.5 Å². The Bertz CT molecular complexity index is 955. The predicted molar refractivity (Wildman–Crippen MR) is 115 cm³/mol. The third-order valence-electron chi connectivity index (χ3n) is 4.58. The summed E-state index contributed by atoms with van der Waals surface area (Å²) in [7, 11) is -2.13. The molecule has 0 radical (unpaired) electrons. The zero-order valence-corrected chi connectivity index (χ0v) is 18.7. The first-order chi connectivity index (χ1) is 13.5. The molecule has 1 amide bonds. The smallest absolute Gasteiger partial charge is 0.251 e. The zero-order valence-electron chi connectivity index (χ0n) is 17.8. The summed E-state index contributed by atoms with van der Waals surface area (Å²) in [4.78, 5) is 12.8. The van der Waals surface area contributed by atoms with Crippen LogP contribution in [0.15, 0.2) is 53.4 Å². The van der Waals surface area contributed by atoms with E-state index in [1.807, 2.05) is 45.0 Å². The number of hydrogen-bond donors (Lipinski definition) is 1. The highest BCUT2D eigenvalue weighted by Gasteiger charge is 2.24. The Hall–Kier alpha value is -2.38. The lowest BCUT2D eigenvalue weighted by atomic mass is 10.1. The van der Waals surface area contributed by atoms with Gasteiger partial charge >= 0.3 is 0 Å². The summed E-state index contributed by atoms with van der Waals surface area (Å²) in [6, 6.07) is 13.2. The molecule has 2 aromatic carbocycles. The van der Waals surface area contributed by atoms with Crippen molar-refractivity contribution in [3.63, 3.8) is 0 Å². The maximum Gasteiger partial charge on any atom is 0.251 e. The number of carbonyl (C=O) groups excluding carboxylic acids is 1. The number of ether oxygens (including phenoxy) is 1. The van der Waals surface area contributed by atoms with E-state index in [0.717, 1.165) is 11.3 Å². The van der Waals surface area contributed by atoms with Crippen molar-refractivity contribution in [2.75, 3.05) is 7.05 Å². The molecule has 2 aromatic rings. The van der Waals surface area contributed by atoms with Crippen LogP contribution >= 0.6 is 0 Å². The van der Waals surface area contributed by atoms with Crippen molar-refractivity contribution in [3.05, 3.63) is 59.7 Å². The van der Waals surface area contributed by atoms with Crippen molar-refractivity contribution >= 4 is 15.9 Å². The summed E-state index contributed by atoms with van der Waals surface area (Å²) < 4.78 is 32.4. The van der Waals surface area contributed by atoms with Gasteiger partial charge in [0.1, 0.15) is 5.75 Å². The molecule has 1 unspecified atom stereocenters. The van der Waals surface area contributed by atoms with E-state index >= 15 is 0 Å². The molecule has 0 aliphatic heterocycles. The minimum absolute atomic E-state index is 0.0591. The van der Waals surface area contributed by atoms with Gasteiger partial charge in [0.25, 0.3) is 5.91 Å². The van der Waals surface area contributed by atoms with Gasteiger partial charge in [0, 0.05) is 18.7 Å². The lowest BCUT2D eigenvalue weighted by Gasteiger charge is -2.21. The lowest BCUT2D eigenvalue weighted by Crippen LogP contribution is -2.33. The molecule has 158 valence electrons. The molecule has 29 heavy (non-hydrogen) atoms. The minimum atomic E-state index is -3.66. The Balaban J connectivity index is 2.19. The molecule has 0 spiro atoms. The number of carbonyl (C=O) groups is 1. The minimum Gasteiger partial charge on any atom is -0.491 e. The largest absolute Gasteiger partial charge is 0.491 e. The van der Waals surface area contributed by atoms with Gasteiger partial charge in [-0.3, -0.25) is 4.79 Å². The molecule has 6 nitrogen and oxygen atoms in total. The number of nitrogens with zero attached hydrogens (tertiary/aromatic N) is 1. The summed E-state index contributed by atoms with van der Waals surface area (Å²) in [5, 5.41) is 2.92. The quantitative estimate of drug-likeness (QED) is 0.703. The Labute approximate surface area is 173 Å². The van der Waals surface area contributed by atoms with Crippen LogP contribution in [-0.4, -0.2) is 37.8 Å². The number of hydrogen-bond acceptors (Lipinski definition) is 4. The Morgan fingerprint density at radius 1 is 1.00 bits per heavy atom.